The fraction of sp³-hybridized carbons (Fsp3) is 0. The molecule has 0 aromatic heterocycles. The Morgan fingerprint density at radius 1 is 1.30 bits per heavy atom. The van der Waals surface area contributed by atoms with Gasteiger partial charge in [0.05, 0.1) is 22.9 Å². The van der Waals surface area contributed by atoms with Gasteiger partial charge in [0.2, 0.25) is 0 Å². The standard InChI is InChI=1S/C14H8BrFN2O2/c15-11-3-2-9(6-10(11)14(19)20)18-13-4-1-8(7-17)5-12(13)16/h1-6,18H,(H,19,20). The molecular weight excluding hydrogens is 327 g/mol. The quantitative estimate of drug-likeness (QED) is 0.892. The fourth-order valence-corrected chi connectivity index (χ4v) is 2.02. The highest BCUT2D eigenvalue weighted by atomic mass is 79.9. The average molecular weight is 335 g/mol. The second kappa shape index (κ2) is 5.72. The number of hydrogen-bond acceptors (Lipinski definition) is 3. The lowest BCUT2D eigenvalue weighted by Crippen LogP contribution is -2.00. The Morgan fingerprint density at radius 3 is 2.65 bits per heavy atom. The minimum absolute atomic E-state index is 0.0732. The van der Waals surface area contributed by atoms with Crippen molar-refractivity contribution in [3.63, 3.8) is 0 Å². The van der Waals surface area contributed by atoms with E-state index in [4.69, 9.17) is 10.4 Å². The summed E-state index contributed by atoms with van der Waals surface area (Å²) in [5, 5.41) is 20.5. The number of rotatable bonds is 3. The molecule has 0 saturated carbocycles. The summed E-state index contributed by atoms with van der Waals surface area (Å²) >= 11 is 3.13. The van der Waals surface area contributed by atoms with E-state index in [9.17, 15) is 9.18 Å². The summed E-state index contributed by atoms with van der Waals surface area (Å²) in [4.78, 5) is 11.0. The molecule has 0 fully saturated rings. The van der Waals surface area contributed by atoms with E-state index in [1.165, 1.54) is 18.2 Å². The highest BCUT2D eigenvalue weighted by Crippen LogP contribution is 2.25. The van der Waals surface area contributed by atoms with E-state index in [-0.39, 0.29) is 16.8 Å². The van der Waals surface area contributed by atoms with Gasteiger partial charge in [0, 0.05) is 10.2 Å². The predicted octanol–water partition coefficient (Wildman–Crippen LogP) is 3.90. The molecule has 6 heteroatoms. The first-order valence-electron chi connectivity index (χ1n) is 5.51. The molecule has 0 aliphatic carbocycles. The molecule has 0 amide bonds. The molecule has 0 spiro atoms. The van der Waals surface area contributed by atoms with Crippen molar-refractivity contribution in [1.29, 1.82) is 5.26 Å². The van der Waals surface area contributed by atoms with Gasteiger partial charge in [-0.25, -0.2) is 9.18 Å². The molecule has 2 rings (SSSR count). The Morgan fingerprint density at radius 2 is 2.05 bits per heavy atom. The van der Waals surface area contributed by atoms with Crippen LogP contribution >= 0.6 is 15.9 Å². The van der Waals surface area contributed by atoms with Crippen molar-refractivity contribution in [2.75, 3.05) is 5.32 Å². The maximum atomic E-state index is 13.7. The molecule has 4 nitrogen and oxygen atoms in total. The number of carbonyl (C=O) groups is 1. The van der Waals surface area contributed by atoms with Crippen LogP contribution in [0.25, 0.3) is 0 Å². The van der Waals surface area contributed by atoms with Crippen LogP contribution in [0.3, 0.4) is 0 Å². The topological polar surface area (TPSA) is 73.1 Å². The van der Waals surface area contributed by atoms with Crippen molar-refractivity contribution < 1.29 is 14.3 Å². The highest BCUT2D eigenvalue weighted by Gasteiger charge is 2.10. The SMILES string of the molecule is N#Cc1ccc(Nc2ccc(Br)c(C(=O)O)c2)c(F)c1. The fourth-order valence-electron chi connectivity index (χ4n) is 1.61. The zero-order valence-corrected chi connectivity index (χ0v) is 11.6. The summed E-state index contributed by atoms with van der Waals surface area (Å²) in [6.07, 6.45) is 0. The van der Waals surface area contributed by atoms with Gasteiger partial charge in [-0.1, -0.05) is 0 Å². The number of halogens is 2. The third-order valence-corrected chi connectivity index (χ3v) is 3.27. The molecule has 0 aliphatic heterocycles. The van der Waals surface area contributed by atoms with Gasteiger partial charge in [-0.05, 0) is 52.3 Å². The molecule has 0 saturated heterocycles. The molecule has 0 atom stereocenters. The average Bonchev–Trinajstić information content (AvgIpc) is 2.42. The van der Waals surface area contributed by atoms with Crippen molar-refractivity contribution >= 4 is 33.3 Å². The van der Waals surface area contributed by atoms with E-state index in [1.54, 1.807) is 12.1 Å². The van der Waals surface area contributed by atoms with Gasteiger partial charge >= 0.3 is 5.97 Å². The van der Waals surface area contributed by atoms with Gasteiger partial charge in [-0.15, -0.1) is 0 Å². The van der Waals surface area contributed by atoms with E-state index in [0.717, 1.165) is 6.07 Å². The number of benzene rings is 2. The lowest BCUT2D eigenvalue weighted by molar-refractivity contribution is 0.0696. The van der Waals surface area contributed by atoms with Crippen LogP contribution in [0.1, 0.15) is 15.9 Å². The Bertz CT molecular complexity index is 726. The maximum Gasteiger partial charge on any atom is 0.336 e. The third kappa shape index (κ3) is 2.95. The van der Waals surface area contributed by atoms with Gasteiger partial charge in [0.1, 0.15) is 5.82 Å². The number of aromatic carboxylic acids is 1. The molecule has 0 bridgehead atoms. The number of anilines is 2. The lowest BCUT2D eigenvalue weighted by Gasteiger charge is -2.09. The molecule has 2 N–H and O–H groups in total. The number of nitrogens with zero attached hydrogens (tertiary/aromatic N) is 1. The van der Waals surface area contributed by atoms with E-state index >= 15 is 0 Å². The smallest absolute Gasteiger partial charge is 0.336 e. The van der Waals surface area contributed by atoms with Gasteiger partial charge in [0.25, 0.3) is 0 Å². The van der Waals surface area contributed by atoms with Gasteiger partial charge in [0.15, 0.2) is 0 Å². The number of nitrogens with one attached hydrogen (secondary N) is 1. The summed E-state index contributed by atoms with van der Waals surface area (Å²) in [7, 11) is 0. The van der Waals surface area contributed by atoms with E-state index in [0.29, 0.717) is 10.2 Å². The van der Waals surface area contributed by atoms with Crippen LogP contribution in [-0.4, -0.2) is 11.1 Å². The first-order valence-corrected chi connectivity index (χ1v) is 6.30. The Labute approximate surface area is 122 Å². The summed E-state index contributed by atoms with van der Waals surface area (Å²) in [6.45, 7) is 0. The summed E-state index contributed by atoms with van der Waals surface area (Å²) in [5.41, 5.74) is 0.899. The van der Waals surface area contributed by atoms with Crippen LogP contribution in [0.5, 0.6) is 0 Å². The van der Waals surface area contributed by atoms with Gasteiger partial charge in [-0.2, -0.15) is 5.26 Å². The third-order valence-electron chi connectivity index (χ3n) is 2.57. The van der Waals surface area contributed by atoms with Crippen LogP contribution in [0.2, 0.25) is 0 Å². The molecule has 2 aromatic rings. The van der Waals surface area contributed by atoms with Crippen molar-refractivity contribution in [3.8, 4) is 6.07 Å². The molecule has 2 aromatic carbocycles. The molecular formula is C14H8BrFN2O2. The molecule has 0 unspecified atom stereocenters. The number of carboxylic acids is 1. The van der Waals surface area contributed by atoms with Gasteiger partial charge < -0.3 is 10.4 Å². The zero-order chi connectivity index (χ0) is 14.7. The summed E-state index contributed by atoms with van der Waals surface area (Å²) in [6, 6.07) is 10.4. The van der Waals surface area contributed by atoms with Crippen molar-refractivity contribution in [2.24, 2.45) is 0 Å². The van der Waals surface area contributed by atoms with Crippen molar-refractivity contribution in [2.45, 2.75) is 0 Å². The van der Waals surface area contributed by atoms with E-state index in [1.807, 2.05) is 6.07 Å². The lowest BCUT2D eigenvalue weighted by atomic mass is 10.1. The van der Waals surface area contributed by atoms with Crippen LogP contribution < -0.4 is 5.32 Å². The molecule has 0 heterocycles. The van der Waals surface area contributed by atoms with Crippen molar-refractivity contribution in [3.05, 3.63) is 57.8 Å². The normalized spacial score (nSPS) is 9.85. The number of carboxylic acid groups (broad SMARTS) is 1. The molecule has 20 heavy (non-hydrogen) atoms. The van der Waals surface area contributed by atoms with Crippen molar-refractivity contribution in [1.82, 2.24) is 0 Å². The van der Waals surface area contributed by atoms with E-state index < -0.39 is 11.8 Å². The summed E-state index contributed by atoms with van der Waals surface area (Å²) in [5.74, 6) is -1.66. The first-order chi connectivity index (χ1) is 9.51. The zero-order valence-electron chi connectivity index (χ0n) is 10.0. The van der Waals surface area contributed by atoms with E-state index in [2.05, 4.69) is 21.2 Å². The summed E-state index contributed by atoms with van der Waals surface area (Å²) < 4.78 is 14.2. The second-order valence-electron chi connectivity index (χ2n) is 3.93. The maximum absolute atomic E-state index is 13.7. The molecule has 0 aliphatic rings. The Balaban J connectivity index is 2.33. The first kappa shape index (κ1) is 14.0. The molecule has 100 valence electrons. The largest absolute Gasteiger partial charge is 0.478 e. The Hall–Kier alpha value is -2.39. The number of nitriles is 1. The monoisotopic (exact) mass is 334 g/mol. The van der Waals surface area contributed by atoms with Crippen LogP contribution in [0.4, 0.5) is 15.8 Å². The number of hydrogen-bond donors (Lipinski definition) is 2. The second-order valence-corrected chi connectivity index (χ2v) is 4.79. The van der Waals surface area contributed by atoms with Gasteiger partial charge in [-0.3, -0.25) is 0 Å². The van der Waals surface area contributed by atoms with Crippen LogP contribution in [0, 0.1) is 17.1 Å². The predicted molar refractivity (Wildman–Crippen MR) is 75.5 cm³/mol. The van der Waals surface area contributed by atoms with Crippen LogP contribution in [-0.2, 0) is 0 Å². The molecule has 0 radical (unpaired) electrons. The minimum Gasteiger partial charge on any atom is -0.478 e. The Kier molecular flexibility index (Phi) is 4.01. The minimum atomic E-state index is -1.08. The van der Waals surface area contributed by atoms with Crippen LogP contribution in [0.15, 0.2) is 40.9 Å². The highest BCUT2D eigenvalue weighted by molar-refractivity contribution is 9.10.